The number of halogens is 3. The van der Waals surface area contributed by atoms with Crippen LogP contribution in [0.15, 0.2) is 0 Å². The van der Waals surface area contributed by atoms with Gasteiger partial charge in [-0.05, 0) is 6.42 Å². The van der Waals surface area contributed by atoms with Crippen LogP contribution < -0.4 is 0 Å². The molecule has 0 nitrogen and oxygen atoms in total. The van der Waals surface area contributed by atoms with E-state index in [9.17, 15) is 13.2 Å². The Morgan fingerprint density at radius 3 is 1.83 bits per heavy atom. The largest absolute Gasteiger partial charge is 0.389 e. The molecule has 0 atom stereocenters. The summed E-state index contributed by atoms with van der Waals surface area (Å²) in [4.78, 5) is 0. The number of hydrogen-bond acceptors (Lipinski definition) is 0. The molecule has 0 aliphatic heterocycles. The van der Waals surface area contributed by atoms with Crippen LogP contribution in [0.1, 0.15) is 38.5 Å². The predicted molar refractivity (Wildman–Crippen MR) is 48.5 cm³/mol. The fourth-order valence-electron chi connectivity index (χ4n) is 1.11. The van der Waals surface area contributed by atoms with E-state index in [1.54, 1.807) is 0 Å². The number of alkyl halides is 3. The Balaban J connectivity index is 3.01. The summed E-state index contributed by atoms with van der Waals surface area (Å²) < 4.78 is 34.9. The van der Waals surface area contributed by atoms with Gasteiger partial charge in [0.05, 0.1) is 0 Å². The van der Waals surface area contributed by atoms with Crippen molar-refractivity contribution < 1.29 is 13.2 Å². The summed E-state index contributed by atoms with van der Waals surface area (Å²) in [5.41, 5.74) is 0. The second-order valence-corrected chi connectivity index (χ2v) is 4.13. The van der Waals surface area contributed by atoms with Gasteiger partial charge in [0.2, 0.25) is 0 Å². The second kappa shape index (κ2) is 6.52. The summed E-state index contributed by atoms with van der Waals surface area (Å²) in [6, 6.07) is 1.28. The molecule has 0 fully saturated rings. The zero-order chi connectivity index (χ0) is 9.45. The first-order valence-electron chi connectivity index (χ1n) is 4.63. The van der Waals surface area contributed by atoms with Crippen molar-refractivity contribution in [3.63, 3.8) is 0 Å². The molecule has 0 aliphatic carbocycles. The van der Waals surface area contributed by atoms with E-state index in [1.807, 2.05) is 0 Å². The van der Waals surface area contributed by atoms with Gasteiger partial charge in [0, 0.05) is 16.7 Å². The molecule has 0 saturated heterocycles. The van der Waals surface area contributed by atoms with E-state index >= 15 is 0 Å². The SMILES string of the molecule is FC(F)(F)CCCCCCC[SiH3]. The quantitative estimate of drug-likeness (QED) is 0.454. The van der Waals surface area contributed by atoms with E-state index in [-0.39, 0.29) is 0 Å². The Morgan fingerprint density at radius 1 is 0.833 bits per heavy atom. The molecule has 0 heterocycles. The van der Waals surface area contributed by atoms with Crippen molar-refractivity contribution in [2.24, 2.45) is 0 Å². The average molecular weight is 198 g/mol. The van der Waals surface area contributed by atoms with Crippen molar-refractivity contribution in [2.45, 2.75) is 50.7 Å². The summed E-state index contributed by atoms with van der Waals surface area (Å²) in [5, 5.41) is 0. The van der Waals surface area contributed by atoms with Gasteiger partial charge in [0.25, 0.3) is 0 Å². The molecular weight excluding hydrogens is 181 g/mol. The minimum absolute atomic E-state index is 0.310. The highest BCUT2D eigenvalue weighted by atomic mass is 28.1. The molecular formula is C8H17F3Si. The molecule has 0 saturated carbocycles. The van der Waals surface area contributed by atoms with Crippen LogP contribution in [-0.2, 0) is 0 Å². The lowest BCUT2D eigenvalue weighted by molar-refractivity contribution is -0.135. The highest BCUT2D eigenvalue weighted by Gasteiger charge is 2.25. The van der Waals surface area contributed by atoms with Gasteiger partial charge >= 0.3 is 6.18 Å². The Hall–Kier alpha value is 0.00688. The van der Waals surface area contributed by atoms with Gasteiger partial charge in [-0.1, -0.05) is 31.7 Å². The molecule has 0 N–H and O–H groups in total. The topological polar surface area (TPSA) is 0 Å². The maximum Gasteiger partial charge on any atom is 0.389 e. The van der Waals surface area contributed by atoms with Gasteiger partial charge in [0.1, 0.15) is 0 Å². The fraction of sp³-hybridized carbons (Fsp3) is 1.00. The lowest BCUT2D eigenvalue weighted by Crippen LogP contribution is -2.06. The third-order valence-electron chi connectivity index (χ3n) is 1.81. The molecule has 12 heavy (non-hydrogen) atoms. The van der Waals surface area contributed by atoms with Crippen LogP contribution in [0.25, 0.3) is 0 Å². The third-order valence-corrected chi connectivity index (χ3v) is 2.52. The first kappa shape index (κ1) is 12.0. The Morgan fingerprint density at radius 2 is 1.33 bits per heavy atom. The van der Waals surface area contributed by atoms with E-state index in [2.05, 4.69) is 0 Å². The smallest absolute Gasteiger partial charge is 0.171 e. The molecule has 74 valence electrons. The highest BCUT2D eigenvalue weighted by molar-refractivity contribution is 6.08. The van der Waals surface area contributed by atoms with Crippen LogP contribution in [0.3, 0.4) is 0 Å². The standard InChI is InChI=1S/C8H17F3Si/c9-8(10,11)6-4-2-1-3-5-7-12/h1-7H2,12H3. The van der Waals surface area contributed by atoms with Gasteiger partial charge in [-0.15, -0.1) is 0 Å². The highest BCUT2D eigenvalue weighted by Crippen LogP contribution is 2.22. The van der Waals surface area contributed by atoms with Gasteiger partial charge in [0.15, 0.2) is 0 Å². The van der Waals surface area contributed by atoms with Crippen molar-refractivity contribution in [2.75, 3.05) is 0 Å². The minimum atomic E-state index is -3.95. The number of rotatable bonds is 6. The van der Waals surface area contributed by atoms with Crippen molar-refractivity contribution in [1.82, 2.24) is 0 Å². The van der Waals surface area contributed by atoms with Gasteiger partial charge in [-0.3, -0.25) is 0 Å². The van der Waals surface area contributed by atoms with Crippen LogP contribution in [-0.4, -0.2) is 16.4 Å². The summed E-state index contributed by atoms with van der Waals surface area (Å²) in [5.74, 6) is 0. The average Bonchev–Trinajstić information content (AvgIpc) is 1.94. The van der Waals surface area contributed by atoms with Crippen LogP contribution in [0.2, 0.25) is 6.04 Å². The molecule has 0 unspecified atom stereocenters. The Bertz CT molecular complexity index is 101. The van der Waals surface area contributed by atoms with Crippen molar-refractivity contribution in [3.05, 3.63) is 0 Å². The molecule has 0 rings (SSSR count). The van der Waals surface area contributed by atoms with Crippen LogP contribution >= 0.6 is 0 Å². The zero-order valence-corrected chi connectivity index (χ0v) is 9.58. The van der Waals surface area contributed by atoms with Crippen LogP contribution in [0.4, 0.5) is 13.2 Å². The predicted octanol–water partition coefficient (Wildman–Crippen LogP) is 2.67. The van der Waals surface area contributed by atoms with Crippen LogP contribution in [0.5, 0.6) is 0 Å². The number of unbranched alkanes of at least 4 members (excludes halogenated alkanes) is 4. The Kier molecular flexibility index (Phi) is 6.52. The molecule has 0 amide bonds. The maximum absolute atomic E-state index is 11.6. The summed E-state index contributed by atoms with van der Waals surface area (Å²) in [6.45, 7) is 0. The first-order valence-corrected chi connectivity index (χ1v) is 6.04. The molecule has 0 radical (unpaired) electrons. The lowest BCUT2D eigenvalue weighted by Gasteiger charge is -2.04. The van der Waals surface area contributed by atoms with E-state index in [0.717, 1.165) is 19.3 Å². The zero-order valence-electron chi connectivity index (χ0n) is 7.58. The van der Waals surface area contributed by atoms with Crippen molar-refractivity contribution in [1.29, 1.82) is 0 Å². The third kappa shape index (κ3) is 10.0. The second-order valence-electron chi connectivity index (χ2n) is 3.13. The molecule has 0 aromatic heterocycles. The van der Waals surface area contributed by atoms with Gasteiger partial charge < -0.3 is 0 Å². The summed E-state index contributed by atoms with van der Waals surface area (Å²) >= 11 is 0. The molecule has 0 aromatic rings. The van der Waals surface area contributed by atoms with E-state index < -0.39 is 12.6 Å². The van der Waals surface area contributed by atoms with Gasteiger partial charge in [-0.2, -0.15) is 13.2 Å². The summed E-state index contributed by atoms with van der Waals surface area (Å²) in [7, 11) is 1.22. The minimum Gasteiger partial charge on any atom is -0.171 e. The van der Waals surface area contributed by atoms with Crippen molar-refractivity contribution >= 4 is 10.2 Å². The molecule has 4 heteroatoms. The lowest BCUT2D eigenvalue weighted by atomic mass is 10.1. The van der Waals surface area contributed by atoms with Crippen molar-refractivity contribution in [3.8, 4) is 0 Å². The molecule has 0 spiro atoms. The number of hydrogen-bond donors (Lipinski definition) is 0. The molecule has 0 aromatic carbocycles. The van der Waals surface area contributed by atoms with Crippen LogP contribution in [0, 0.1) is 0 Å². The molecule has 0 aliphatic rings. The van der Waals surface area contributed by atoms with E-state index in [4.69, 9.17) is 0 Å². The van der Waals surface area contributed by atoms with E-state index in [0.29, 0.717) is 6.42 Å². The maximum atomic E-state index is 11.6. The first-order chi connectivity index (χ1) is 5.56. The normalized spacial score (nSPS) is 12.2. The molecule has 0 bridgehead atoms. The Labute approximate surface area is 75.0 Å². The monoisotopic (exact) mass is 198 g/mol. The van der Waals surface area contributed by atoms with Gasteiger partial charge in [-0.25, -0.2) is 0 Å². The van der Waals surface area contributed by atoms with E-state index in [1.165, 1.54) is 22.7 Å². The fourth-order valence-corrected chi connectivity index (χ4v) is 1.61. The summed E-state index contributed by atoms with van der Waals surface area (Å²) in [6.07, 6.45) is -0.213.